The Bertz CT molecular complexity index is 861. The van der Waals surface area contributed by atoms with Gasteiger partial charge in [-0.25, -0.2) is 27.3 Å². The van der Waals surface area contributed by atoms with E-state index in [4.69, 9.17) is 9.88 Å². The van der Waals surface area contributed by atoms with Gasteiger partial charge in [0.15, 0.2) is 11.6 Å². The van der Waals surface area contributed by atoms with Crippen LogP contribution in [-0.2, 0) is 14.8 Å². The van der Waals surface area contributed by atoms with Gasteiger partial charge in [0, 0.05) is 19.3 Å². The topological polar surface area (TPSA) is 85.5 Å². The van der Waals surface area contributed by atoms with E-state index >= 15 is 0 Å². The number of rotatable bonds is 3. The van der Waals surface area contributed by atoms with E-state index in [0.717, 1.165) is 12.1 Å². The van der Waals surface area contributed by atoms with Crippen LogP contribution in [0.15, 0.2) is 41.4 Å². The van der Waals surface area contributed by atoms with Crippen LogP contribution >= 0.6 is 0 Å². The van der Waals surface area contributed by atoms with Gasteiger partial charge in [-0.2, -0.15) is 0 Å². The quantitative estimate of drug-likeness (QED) is 0.904. The van der Waals surface area contributed by atoms with Crippen molar-refractivity contribution in [3.05, 3.63) is 53.7 Å². The van der Waals surface area contributed by atoms with E-state index in [0.29, 0.717) is 12.1 Å². The van der Waals surface area contributed by atoms with Gasteiger partial charge >= 0.3 is 0 Å². The molecule has 0 bridgehead atoms. The van der Waals surface area contributed by atoms with Crippen LogP contribution in [-0.4, -0.2) is 33.1 Å². The molecule has 9 heteroatoms. The van der Waals surface area contributed by atoms with Crippen molar-refractivity contribution in [3.63, 3.8) is 0 Å². The van der Waals surface area contributed by atoms with Gasteiger partial charge in [-0.15, -0.1) is 0 Å². The Morgan fingerprint density at radius 1 is 1.25 bits per heavy atom. The van der Waals surface area contributed by atoms with E-state index in [1.54, 1.807) is 4.90 Å². The third-order valence-corrected chi connectivity index (χ3v) is 4.67. The SMILES string of the molecule is NS(=O)(=O)c1cccnc1N1CCOC(c2ccc(F)c(F)c2)C1. The highest BCUT2D eigenvalue weighted by Gasteiger charge is 2.27. The first-order valence-corrected chi connectivity index (χ1v) is 8.70. The number of aromatic nitrogens is 1. The summed E-state index contributed by atoms with van der Waals surface area (Å²) in [6, 6.07) is 6.40. The van der Waals surface area contributed by atoms with Crippen molar-refractivity contribution in [1.82, 2.24) is 4.98 Å². The molecule has 1 saturated heterocycles. The van der Waals surface area contributed by atoms with Crippen molar-refractivity contribution in [2.24, 2.45) is 5.14 Å². The van der Waals surface area contributed by atoms with Crippen LogP contribution in [0.1, 0.15) is 11.7 Å². The number of hydrogen-bond donors (Lipinski definition) is 1. The van der Waals surface area contributed by atoms with Gasteiger partial charge in [0.25, 0.3) is 0 Å². The molecule has 2 N–H and O–H groups in total. The lowest BCUT2D eigenvalue weighted by atomic mass is 10.1. The number of benzene rings is 1. The van der Waals surface area contributed by atoms with E-state index in [1.165, 1.54) is 24.4 Å². The second-order valence-corrected chi connectivity index (χ2v) is 6.88. The lowest BCUT2D eigenvalue weighted by Gasteiger charge is -2.34. The highest BCUT2D eigenvalue weighted by molar-refractivity contribution is 7.89. The summed E-state index contributed by atoms with van der Waals surface area (Å²) in [6.07, 6.45) is 0.927. The normalized spacial score (nSPS) is 18.6. The Morgan fingerprint density at radius 3 is 2.75 bits per heavy atom. The summed E-state index contributed by atoms with van der Waals surface area (Å²) in [5.74, 6) is -1.68. The summed E-state index contributed by atoms with van der Waals surface area (Å²) in [4.78, 5) is 5.72. The fraction of sp³-hybridized carbons (Fsp3) is 0.267. The maximum atomic E-state index is 13.4. The predicted molar refractivity (Wildman–Crippen MR) is 82.9 cm³/mol. The molecule has 1 unspecified atom stereocenters. The van der Waals surface area contributed by atoms with E-state index in [1.807, 2.05) is 0 Å². The predicted octanol–water partition coefficient (Wildman–Crippen LogP) is 1.59. The molecule has 2 heterocycles. The fourth-order valence-corrected chi connectivity index (χ4v) is 3.30. The van der Waals surface area contributed by atoms with Crippen LogP contribution in [0.3, 0.4) is 0 Å². The maximum absolute atomic E-state index is 13.4. The molecule has 0 radical (unpaired) electrons. The minimum absolute atomic E-state index is 0.0871. The molecular formula is C15H15F2N3O3S. The zero-order chi connectivity index (χ0) is 17.3. The van der Waals surface area contributed by atoms with Gasteiger partial charge in [-0.05, 0) is 29.8 Å². The third kappa shape index (κ3) is 3.37. The number of sulfonamides is 1. The molecule has 3 rings (SSSR count). The van der Waals surface area contributed by atoms with Crippen molar-refractivity contribution in [2.75, 3.05) is 24.6 Å². The number of anilines is 1. The minimum Gasteiger partial charge on any atom is -0.370 e. The van der Waals surface area contributed by atoms with E-state index in [-0.39, 0.29) is 23.9 Å². The average molecular weight is 355 g/mol. The highest BCUT2D eigenvalue weighted by atomic mass is 32.2. The van der Waals surface area contributed by atoms with Crippen LogP contribution in [0, 0.1) is 11.6 Å². The van der Waals surface area contributed by atoms with E-state index in [2.05, 4.69) is 4.98 Å². The van der Waals surface area contributed by atoms with Gasteiger partial charge in [-0.1, -0.05) is 6.07 Å². The summed E-state index contributed by atoms with van der Waals surface area (Å²) in [6.45, 7) is 0.925. The van der Waals surface area contributed by atoms with Gasteiger partial charge in [0.1, 0.15) is 16.8 Å². The summed E-state index contributed by atoms with van der Waals surface area (Å²) in [5.41, 5.74) is 0.465. The maximum Gasteiger partial charge on any atom is 0.241 e. The second-order valence-electron chi connectivity index (χ2n) is 5.35. The molecule has 1 aliphatic heterocycles. The summed E-state index contributed by atoms with van der Waals surface area (Å²) < 4.78 is 55.5. The Hall–Kier alpha value is -2.10. The van der Waals surface area contributed by atoms with Crippen LogP contribution in [0.25, 0.3) is 0 Å². The standard InChI is InChI=1S/C15H15F2N3O3S/c16-11-4-3-10(8-12(11)17)13-9-20(6-7-23-13)15-14(24(18,21)22)2-1-5-19-15/h1-5,8,13H,6-7,9H2,(H2,18,21,22). The average Bonchev–Trinajstić information content (AvgIpc) is 2.57. The van der Waals surface area contributed by atoms with Gasteiger partial charge in [0.05, 0.1) is 6.61 Å². The van der Waals surface area contributed by atoms with Crippen LogP contribution in [0.2, 0.25) is 0 Å². The van der Waals surface area contributed by atoms with Crippen molar-refractivity contribution in [2.45, 2.75) is 11.0 Å². The van der Waals surface area contributed by atoms with Crippen LogP contribution in [0.5, 0.6) is 0 Å². The van der Waals surface area contributed by atoms with E-state index in [9.17, 15) is 17.2 Å². The largest absolute Gasteiger partial charge is 0.370 e. The highest BCUT2D eigenvalue weighted by Crippen LogP contribution is 2.29. The summed E-state index contributed by atoms with van der Waals surface area (Å²) in [5, 5.41) is 5.23. The molecule has 0 saturated carbocycles. The summed E-state index contributed by atoms with van der Waals surface area (Å²) in [7, 11) is -3.93. The third-order valence-electron chi connectivity index (χ3n) is 3.74. The van der Waals surface area contributed by atoms with Crippen molar-refractivity contribution in [3.8, 4) is 0 Å². The molecule has 1 aliphatic rings. The van der Waals surface area contributed by atoms with E-state index < -0.39 is 27.8 Å². The lowest BCUT2D eigenvalue weighted by Crippen LogP contribution is -2.40. The number of morpholine rings is 1. The Morgan fingerprint density at radius 2 is 2.04 bits per heavy atom. The first kappa shape index (κ1) is 16.7. The molecule has 128 valence electrons. The first-order valence-electron chi connectivity index (χ1n) is 7.15. The first-order chi connectivity index (χ1) is 11.4. The monoisotopic (exact) mass is 355 g/mol. The molecule has 24 heavy (non-hydrogen) atoms. The van der Waals surface area contributed by atoms with Gasteiger partial charge < -0.3 is 9.64 Å². The zero-order valence-electron chi connectivity index (χ0n) is 12.5. The molecular weight excluding hydrogens is 340 g/mol. The molecule has 1 aromatic carbocycles. The van der Waals surface area contributed by atoms with Crippen molar-refractivity contribution < 1.29 is 21.9 Å². The molecule has 1 atom stereocenters. The minimum atomic E-state index is -3.93. The Kier molecular flexibility index (Phi) is 4.48. The number of nitrogens with two attached hydrogens (primary N) is 1. The Balaban J connectivity index is 1.90. The van der Waals surface area contributed by atoms with Crippen molar-refractivity contribution in [1.29, 1.82) is 0 Å². The second kappa shape index (κ2) is 6.42. The summed E-state index contributed by atoms with van der Waals surface area (Å²) >= 11 is 0. The lowest BCUT2D eigenvalue weighted by molar-refractivity contribution is 0.0391. The van der Waals surface area contributed by atoms with Crippen LogP contribution < -0.4 is 10.0 Å². The number of primary sulfonamides is 1. The number of hydrogen-bond acceptors (Lipinski definition) is 5. The van der Waals surface area contributed by atoms with Gasteiger partial charge in [0.2, 0.25) is 10.0 Å². The smallest absolute Gasteiger partial charge is 0.241 e. The fourth-order valence-electron chi connectivity index (χ4n) is 2.60. The molecule has 1 fully saturated rings. The Labute approximate surface area is 137 Å². The molecule has 0 spiro atoms. The number of nitrogens with zero attached hydrogens (tertiary/aromatic N) is 2. The molecule has 0 aliphatic carbocycles. The molecule has 0 amide bonds. The van der Waals surface area contributed by atoms with Crippen LogP contribution in [0.4, 0.5) is 14.6 Å². The zero-order valence-corrected chi connectivity index (χ0v) is 13.3. The van der Waals surface area contributed by atoms with Crippen molar-refractivity contribution >= 4 is 15.8 Å². The number of pyridine rings is 1. The number of ether oxygens (including phenoxy) is 1. The molecule has 6 nitrogen and oxygen atoms in total. The number of halogens is 2. The molecule has 2 aromatic rings. The van der Waals surface area contributed by atoms with Gasteiger partial charge in [-0.3, -0.25) is 0 Å². The molecule has 1 aromatic heterocycles.